The van der Waals surface area contributed by atoms with Gasteiger partial charge in [-0.1, -0.05) is 42.5 Å². The number of nitrogens with zero attached hydrogens (tertiary/aromatic N) is 1. The Morgan fingerprint density at radius 2 is 1.61 bits per heavy atom. The molecule has 3 rings (SSSR count). The highest BCUT2D eigenvalue weighted by molar-refractivity contribution is 5.89. The third-order valence-electron chi connectivity index (χ3n) is 3.93. The predicted molar refractivity (Wildman–Crippen MR) is 91.0 cm³/mol. The van der Waals surface area contributed by atoms with Gasteiger partial charge in [-0.15, -0.1) is 0 Å². The van der Waals surface area contributed by atoms with Gasteiger partial charge in [-0.05, 0) is 43.2 Å². The summed E-state index contributed by atoms with van der Waals surface area (Å²) in [5.41, 5.74) is 4.32. The molecule has 0 radical (unpaired) electrons. The quantitative estimate of drug-likeness (QED) is 0.595. The average molecular weight is 307 g/mol. The molecule has 0 aliphatic rings. The Labute approximate surface area is 135 Å². The zero-order chi connectivity index (χ0) is 16.4. The molecule has 0 aliphatic heterocycles. The maximum absolute atomic E-state index is 13.2. The Balaban J connectivity index is 2.25. The van der Waals surface area contributed by atoms with Crippen LogP contribution in [0.1, 0.15) is 30.4 Å². The zero-order valence-electron chi connectivity index (χ0n) is 13.2. The Kier molecular flexibility index (Phi) is 4.11. The normalized spacial score (nSPS) is 11.0. The smallest absolute Gasteiger partial charge is 0.167 e. The number of carbonyl (C=O) groups is 1. The molecule has 0 unspecified atom stereocenters. The molecule has 23 heavy (non-hydrogen) atoms. The van der Waals surface area contributed by atoms with Crippen LogP contribution in [-0.4, -0.2) is 10.9 Å². The molecule has 0 spiro atoms. The van der Waals surface area contributed by atoms with E-state index in [0.717, 1.165) is 28.7 Å². The summed E-state index contributed by atoms with van der Waals surface area (Å²) in [6.07, 6.45) is 0.880. The summed E-state index contributed by atoms with van der Waals surface area (Å²) in [4.78, 5) is 11.7. The number of hydrogen-bond acceptors (Lipinski definition) is 1. The van der Waals surface area contributed by atoms with E-state index in [9.17, 15) is 9.18 Å². The van der Waals surface area contributed by atoms with Crippen LogP contribution in [0.15, 0.2) is 60.7 Å². The molecule has 3 heteroatoms. The molecule has 0 saturated heterocycles. The zero-order valence-corrected chi connectivity index (χ0v) is 13.2. The maximum Gasteiger partial charge on any atom is 0.167 e. The van der Waals surface area contributed by atoms with Gasteiger partial charge in [0.25, 0.3) is 0 Å². The lowest BCUT2D eigenvalue weighted by molar-refractivity contribution is 0.111. The van der Waals surface area contributed by atoms with Crippen LogP contribution in [-0.2, 0) is 0 Å². The Hall–Kier alpha value is -2.68. The molecule has 1 heterocycles. The highest BCUT2D eigenvalue weighted by Crippen LogP contribution is 2.34. The van der Waals surface area contributed by atoms with E-state index in [0.29, 0.717) is 5.69 Å². The van der Waals surface area contributed by atoms with E-state index >= 15 is 0 Å². The van der Waals surface area contributed by atoms with Gasteiger partial charge >= 0.3 is 0 Å². The molecule has 116 valence electrons. The lowest BCUT2D eigenvalue weighted by atomic mass is 10.1. The molecule has 0 fully saturated rings. The molecule has 3 aromatic rings. The predicted octanol–water partition coefficient (Wildman–Crippen LogP) is 5.35. The standard InChI is InChI=1S/C20H18FNO/c1-14(2)22-19(16-6-4-3-5-7-16)12-18(20(22)13-23)15-8-10-17(21)11-9-15/h3-14H,1-2H3. The Morgan fingerprint density at radius 3 is 2.17 bits per heavy atom. The first-order chi connectivity index (χ1) is 11.1. The summed E-state index contributed by atoms with van der Waals surface area (Å²) >= 11 is 0. The minimum Gasteiger partial charge on any atom is -0.335 e. The summed E-state index contributed by atoms with van der Waals surface area (Å²) in [7, 11) is 0. The Morgan fingerprint density at radius 1 is 0.957 bits per heavy atom. The van der Waals surface area contributed by atoms with Gasteiger partial charge in [-0.2, -0.15) is 0 Å². The van der Waals surface area contributed by atoms with E-state index in [4.69, 9.17) is 0 Å². The largest absolute Gasteiger partial charge is 0.335 e. The van der Waals surface area contributed by atoms with Gasteiger partial charge in [-0.25, -0.2) is 4.39 Å². The molecule has 0 amide bonds. The second-order valence-corrected chi connectivity index (χ2v) is 5.78. The van der Waals surface area contributed by atoms with E-state index in [2.05, 4.69) is 0 Å². The lowest BCUT2D eigenvalue weighted by Crippen LogP contribution is -2.07. The summed E-state index contributed by atoms with van der Waals surface area (Å²) in [6.45, 7) is 4.10. The third kappa shape index (κ3) is 2.82. The van der Waals surface area contributed by atoms with Crippen molar-refractivity contribution in [2.45, 2.75) is 19.9 Å². The number of hydrogen-bond donors (Lipinski definition) is 0. The molecule has 2 nitrogen and oxygen atoms in total. The van der Waals surface area contributed by atoms with Crippen molar-refractivity contribution < 1.29 is 9.18 Å². The van der Waals surface area contributed by atoms with Gasteiger partial charge in [0.15, 0.2) is 6.29 Å². The topological polar surface area (TPSA) is 22.0 Å². The number of halogens is 1. The van der Waals surface area contributed by atoms with E-state index in [1.54, 1.807) is 12.1 Å². The van der Waals surface area contributed by atoms with Crippen molar-refractivity contribution in [3.63, 3.8) is 0 Å². The highest BCUT2D eigenvalue weighted by atomic mass is 19.1. The van der Waals surface area contributed by atoms with E-state index in [1.165, 1.54) is 12.1 Å². The molecular formula is C20H18FNO. The van der Waals surface area contributed by atoms with Crippen molar-refractivity contribution in [1.82, 2.24) is 4.57 Å². The van der Waals surface area contributed by atoms with Crippen molar-refractivity contribution in [2.75, 3.05) is 0 Å². The second-order valence-electron chi connectivity index (χ2n) is 5.78. The van der Waals surface area contributed by atoms with Crippen LogP contribution in [0.25, 0.3) is 22.4 Å². The Bertz CT molecular complexity index is 817. The van der Waals surface area contributed by atoms with Gasteiger partial charge in [0.2, 0.25) is 0 Å². The molecule has 1 aromatic heterocycles. The van der Waals surface area contributed by atoms with Gasteiger partial charge in [0, 0.05) is 17.3 Å². The number of aldehydes is 1. The SMILES string of the molecule is CC(C)n1c(-c2ccccc2)cc(-c2ccc(F)cc2)c1C=O. The van der Waals surface area contributed by atoms with Crippen molar-refractivity contribution in [3.05, 3.63) is 72.2 Å². The number of aromatic nitrogens is 1. The fourth-order valence-electron chi connectivity index (χ4n) is 2.91. The molecule has 0 aliphatic carbocycles. The number of rotatable bonds is 4. The minimum atomic E-state index is -0.284. The lowest BCUT2D eigenvalue weighted by Gasteiger charge is -2.15. The van der Waals surface area contributed by atoms with Crippen LogP contribution in [0.4, 0.5) is 4.39 Å². The van der Waals surface area contributed by atoms with Gasteiger partial charge in [0.05, 0.1) is 5.69 Å². The highest BCUT2D eigenvalue weighted by Gasteiger charge is 2.18. The van der Waals surface area contributed by atoms with Gasteiger partial charge < -0.3 is 4.57 Å². The first-order valence-electron chi connectivity index (χ1n) is 7.63. The fourth-order valence-corrected chi connectivity index (χ4v) is 2.91. The van der Waals surface area contributed by atoms with E-state index in [1.807, 2.05) is 54.8 Å². The van der Waals surface area contributed by atoms with Gasteiger partial charge in [-0.3, -0.25) is 4.79 Å². The fraction of sp³-hybridized carbons (Fsp3) is 0.150. The molecule has 0 bridgehead atoms. The first-order valence-corrected chi connectivity index (χ1v) is 7.63. The summed E-state index contributed by atoms with van der Waals surface area (Å²) in [5.74, 6) is -0.284. The maximum atomic E-state index is 13.2. The molecule has 2 aromatic carbocycles. The van der Waals surface area contributed by atoms with Crippen molar-refractivity contribution >= 4 is 6.29 Å². The van der Waals surface area contributed by atoms with E-state index in [-0.39, 0.29) is 11.9 Å². The van der Waals surface area contributed by atoms with Crippen molar-refractivity contribution in [1.29, 1.82) is 0 Å². The minimum absolute atomic E-state index is 0.139. The monoisotopic (exact) mass is 307 g/mol. The van der Waals surface area contributed by atoms with Crippen molar-refractivity contribution in [2.24, 2.45) is 0 Å². The summed E-state index contributed by atoms with van der Waals surface area (Å²) in [5, 5.41) is 0. The molecule has 0 atom stereocenters. The van der Waals surface area contributed by atoms with Crippen LogP contribution < -0.4 is 0 Å². The van der Waals surface area contributed by atoms with Crippen LogP contribution in [0.2, 0.25) is 0 Å². The molecule has 0 N–H and O–H groups in total. The van der Waals surface area contributed by atoms with Crippen LogP contribution in [0, 0.1) is 5.82 Å². The summed E-state index contributed by atoms with van der Waals surface area (Å²) in [6, 6.07) is 18.4. The van der Waals surface area contributed by atoms with Gasteiger partial charge in [0.1, 0.15) is 5.82 Å². The number of carbonyl (C=O) groups excluding carboxylic acids is 1. The van der Waals surface area contributed by atoms with Crippen LogP contribution >= 0.6 is 0 Å². The van der Waals surface area contributed by atoms with Crippen molar-refractivity contribution in [3.8, 4) is 22.4 Å². The average Bonchev–Trinajstić information content (AvgIpc) is 2.96. The summed E-state index contributed by atoms with van der Waals surface area (Å²) < 4.78 is 15.2. The third-order valence-corrected chi connectivity index (χ3v) is 3.93. The molecular weight excluding hydrogens is 289 g/mol. The van der Waals surface area contributed by atoms with Crippen LogP contribution in [0.5, 0.6) is 0 Å². The van der Waals surface area contributed by atoms with Crippen LogP contribution in [0.3, 0.4) is 0 Å². The van der Waals surface area contributed by atoms with E-state index < -0.39 is 0 Å². The second kappa shape index (κ2) is 6.21. The first kappa shape index (κ1) is 15.2. The molecule has 0 saturated carbocycles. The number of benzene rings is 2.